The minimum atomic E-state index is -0.206. The van der Waals surface area contributed by atoms with Gasteiger partial charge in [0, 0.05) is 24.9 Å². The van der Waals surface area contributed by atoms with Crippen LogP contribution in [-0.2, 0) is 4.79 Å². The van der Waals surface area contributed by atoms with Gasteiger partial charge in [0.2, 0.25) is 5.91 Å². The van der Waals surface area contributed by atoms with Gasteiger partial charge in [0.25, 0.3) is 0 Å². The first kappa shape index (κ1) is 9.60. The van der Waals surface area contributed by atoms with Crippen molar-refractivity contribution in [3.05, 3.63) is 18.6 Å². The molecule has 0 saturated heterocycles. The number of nitrogens with zero attached hydrogens (tertiary/aromatic N) is 2. The molecule has 0 aliphatic carbocycles. The number of hydrogen-bond donors (Lipinski definition) is 2. The van der Waals surface area contributed by atoms with Crippen LogP contribution in [0.15, 0.2) is 18.6 Å². The van der Waals surface area contributed by atoms with E-state index in [0.717, 1.165) is 0 Å². The van der Waals surface area contributed by atoms with Crippen molar-refractivity contribution >= 4 is 11.7 Å². The molecular formula is C8H12N4O. The van der Waals surface area contributed by atoms with Gasteiger partial charge in [-0.3, -0.25) is 9.78 Å². The van der Waals surface area contributed by atoms with Crippen LogP contribution < -0.4 is 11.1 Å². The largest absolute Gasteiger partial charge is 0.330 e. The highest BCUT2D eigenvalue weighted by atomic mass is 16.1. The van der Waals surface area contributed by atoms with Gasteiger partial charge in [0.15, 0.2) is 5.82 Å². The number of aromatic nitrogens is 2. The molecule has 0 aliphatic heterocycles. The Bertz CT molecular complexity index is 275. The normalized spacial score (nSPS) is 12.2. The van der Waals surface area contributed by atoms with Crippen LogP contribution in [0, 0.1) is 5.92 Å². The topological polar surface area (TPSA) is 80.9 Å². The fourth-order valence-corrected chi connectivity index (χ4v) is 0.720. The molecule has 1 atom stereocenters. The summed E-state index contributed by atoms with van der Waals surface area (Å²) >= 11 is 0. The van der Waals surface area contributed by atoms with Crippen LogP contribution in [0.3, 0.4) is 0 Å². The summed E-state index contributed by atoms with van der Waals surface area (Å²) in [5.41, 5.74) is 5.33. The monoisotopic (exact) mass is 180 g/mol. The second kappa shape index (κ2) is 4.51. The second-order valence-corrected chi connectivity index (χ2v) is 2.72. The number of amides is 1. The molecule has 0 bridgehead atoms. The van der Waals surface area contributed by atoms with E-state index in [0.29, 0.717) is 12.4 Å². The van der Waals surface area contributed by atoms with Crippen molar-refractivity contribution < 1.29 is 4.79 Å². The van der Waals surface area contributed by atoms with Crippen molar-refractivity contribution in [2.24, 2.45) is 11.7 Å². The van der Waals surface area contributed by atoms with E-state index in [1.807, 2.05) is 0 Å². The third-order valence-electron chi connectivity index (χ3n) is 1.62. The molecule has 1 amide bonds. The van der Waals surface area contributed by atoms with Gasteiger partial charge in [-0.05, 0) is 0 Å². The van der Waals surface area contributed by atoms with Gasteiger partial charge < -0.3 is 11.1 Å². The summed E-state index contributed by atoms with van der Waals surface area (Å²) in [7, 11) is 0. The second-order valence-electron chi connectivity index (χ2n) is 2.72. The van der Waals surface area contributed by atoms with Gasteiger partial charge in [-0.15, -0.1) is 0 Å². The fraction of sp³-hybridized carbons (Fsp3) is 0.375. The lowest BCUT2D eigenvalue weighted by Crippen LogP contribution is -2.27. The molecule has 0 fully saturated rings. The van der Waals surface area contributed by atoms with Gasteiger partial charge in [-0.2, -0.15) is 0 Å². The SMILES string of the molecule is CC(CN)C(=O)Nc1cnccn1. The van der Waals surface area contributed by atoms with E-state index in [-0.39, 0.29) is 11.8 Å². The number of carbonyl (C=O) groups excluding carboxylic acids is 1. The zero-order valence-corrected chi connectivity index (χ0v) is 7.40. The third-order valence-corrected chi connectivity index (χ3v) is 1.62. The summed E-state index contributed by atoms with van der Waals surface area (Å²) < 4.78 is 0. The molecule has 5 heteroatoms. The van der Waals surface area contributed by atoms with Crippen LogP contribution in [-0.4, -0.2) is 22.4 Å². The van der Waals surface area contributed by atoms with Crippen molar-refractivity contribution in [3.63, 3.8) is 0 Å². The van der Waals surface area contributed by atoms with Crippen molar-refractivity contribution in [1.29, 1.82) is 0 Å². The van der Waals surface area contributed by atoms with E-state index in [1.54, 1.807) is 13.1 Å². The van der Waals surface area contributed by atoms with Gasteiger partial charge in [-0.1, -0.05) is 6.92 Å². The standard InChI is InChI=1S/C8H12N4O/c1-6(4-9)8(13)12-7-5-10-2-3-11-7/h2-3,5-6H,4,9H2,1H3,(H,11,12,13). The highest BCUT2D eigenvalue weighted by Crippen LogP contribution is 2.00. The Kier molecular flexibility index (Phi) is 3.33. The Hall–Kier alpha value is -1.49. The number of nitrogens with one attached hydrogen (secondary N) is 1. The maximum absolute atomic E-state index is 11.3. The molecule has 0 aliphatic rings. The molecule has 13 heavy (non-hydrogen) atoms. The Morgan fingerprint density at radius 3 is 3.00 bits per heavy atom. The average molecular weight is 180 g/mol. The lowest BCUT2D eigenvalue weighted by Gasteiger charge is -2.07. The zero-order valence-electron chi connectivity index (χ0n) is 7.40. The first-order valence-corrected chi connectivity index (χ1v) is 4.01. The first-order chi connectivity index (χ1) is 6.24. The molecular weight excluding hydrogens is 168 g/mol. The number of rotatable bonds is 3. The predicted octanol–water partition coefficient (Wildman–Crippen LogP) is 0.00990. The molecule has 1 aromatic heterocycles. The molecule has 1 heterocycles. The number of anilines is 1. The molecule has 70 valence electrons. The van der Waals surface area contributed by atoms with Crippen LogP contribution in [0.4, 0.5) is 5.82 Å². The lowest BCUT2D eigenvalue weighted by molar-refractivity contribution is -0.119. The van der Waals surface area contributed by atoms with Crippen LogP contribution in [0.5, 0.6) is 0 Å². The van der Waals surface area contributed by atoms with Gasteiger partial charge in [0.05, 0.1) is 6.20 Å². The Morgan fingerprint density at radius 1 is 1.69 bits per heavy atom. The fourth-order valence-electron chi connectivity index (χ4n) is 0.720. The molecule has 0 spiro atoms. The molecule has 1 aromatic rings. The quantitative estimate of drug-likeness (QED) is 0.686. The molecule has 0 radical (unpaired) electrons. The van der Waals surface area contributed by atoms with Crippen molar-refractivity contribution in [1.82, 2.24) is 9.97 Å². The molecule has 1 rings (SSSR count). The summed E-state index contributed by atoms with van der Waals surface area (Å²) in [6.07, 6.45) is 4.55. The summed E-state index contributed by atoms with van der Waals surface area (Å²) in [4.78, 5) is 19.0. The maximum atomic E-state index is 11.3. The lowest BCUT2D eigenvalue weighted by atomic mass is 10.2. The van der Waals surface area contributed by atoms with E-state index in [2.05, 4.69) is 15.3 Å². The third kappa shape index (κ3) is 2.79. The van der Waals surface area contributed by atoms with E-state index < -0.39 is 0 Å². The van der Waals surface area contributed by atoms with E-state index >= 15 is 0 Å². The predicted molar refractivity (Wildman–Crippen MR) is 48.9 cm³/mol. The zero-order chi connectivity index (χ0) is 9.68. The average Bonchev–Trinajstić information content (AvgIpc) is 2.18. The number of carbonyl (C=O) groups is 1. The highest BCUT2D eigenvalue weighted by Gasteiger charge is 2.10. The first-order valence-electron chi connectivity index (χ1n) is 4.01. The van der Waals surface area contributed by atoms with Gasteiger partial charge >= 0.3 is 0 Å². The van der Waals surface area contributed by atoms with Crippen molar-refractivity contribution in [2.45, 2.75) is 6.92 Å². The van der Waals surface area contributed by atoms with E-state index in [4.69, 9.17) is 5.73 Å². The smallest absolute Gasteiger partial charge is 0.229 e. The Morgan fingerprint density at radius 2 is 2.46 bits per heavy atom. The van der Waals surface area contributed by atoms with Crippen molar-refractivity contribution in [3.8, 4) is 0 Å². The molecule has 3 N–H and O–H groups in total. The van der Waals surface area contributed by atoms with Crippen LogP contribution in [0.2, 0.25) is 0 Å². The van der Waals surface area contributed by atoms with Gasteiger partial charge in [-0.25, -0.2) is 4.98 Å². The number of hydrogen-bond acceptors (Lipinski definition) is 4. The minimum absolute atomic E-state index is 0.136. The van der Waals surface area contributed by atoms with Crippen LogP contribution >= 0.6 is 0 Å². The molecule has 0 aromatic carbocycles. The summed E-state index contributed by atoms with van der Waals surface area (Å²) in [6, 6.07) is 0. The van der Waals surface area contributed by atoms with Crippen LogP contribution in [0.25, 0.3) is 0 Å². The van der Waals surface area contributed by atoms with Gasteiger partial charge in [0.1, 0.15) is 0 Å². The molecule has 5 nitrogen and oxygen atoms in total. The minimum Gasteiger partial charge on any atom is -0.330 e. The van der Waals surface area contributed by atoms with Crippen LogP contribution in [0.1, 0.15) is 6.92 Å². The number of nitrogens with two attached hydrogens (primary N) is 1. The van der Waals surface area contributed by atoms with E-state index in [1.165, 1.54) is 12.4 Å². The summed E-state index contributed by atoms with van der Waals surface area (Å²) in [6.45, 7) is 2.08. The summed E-state index contributed by atoms with van der Waals surface area (Å²) in [5, 5.41) is 2.60. The Labute approximate surface area is 76.4 Å². The van der Waals surface area contributed by atoms with E-state index in [9.17, 15) is 4.79 Å². The molecule has 1 unspecified atom stereocenters. The van der Waals surface area contributed by atoms with Crippen molar-refractivity contribution in [2.75, 3.05) is 11.9 Å². The highest BCUT2D eigenvalue weighted by molar-refractivity contribution is 5.91. The summed E-state index contributed by atoms with van der Waals surface area (Å²) in [5.74, 6) is 0.109. The maximum Gasteiger partial charge on any atom is 0.229 e. The Balaban J connectivity index is 2.55. The molecule has 0 saturated carbocycles.